The van der Waals surface area contributed by atoms with Crippen LogP contribution in [0.25, 0.3) is 0 Å². The van der Waals surface area contributed by atoms with Gasteiger partial charge in [0.2, 0.25) is 0 Å². The van der Waals surface area contributed by atoms with Crippen LogP contribution in [0.4, 0.5) is 4.39 Å². The molecule has 0 aliphatic rings. The van der Waals surface area contributed by atoms with Crippen LogP contribution in [0, 0.1) is 17.1 Å². The molecule has 7 heteroatoms. The molecular weight excluding hydrogens is 434 g/mol. The second-order valence-electron chi connectivity index (χ2n) is 5.01. The lowest BCUT2D eigenvalue weighted by Crippen LogP contribution is -2.36. The number of rotatable bonds is 5. The third-order valence-electron chi connectivity index (χ3n) is 3.48. The molecule has 25 heavy (non-hydrogen) atoms. The van der Waals surface area contributed by atoms with Crippen LogP contribution >= 0.6 is 24.0 Å². The van der Waals surface area contributed by atoms with Crippen molar-refractivity contribution >= 4 is 29.9 Å². The fraction of sp³-hybridized carbons (Fsp3) is 0.222. The highest BCUT2D eigenvalue weighted by Crippen LogP contribution is 2.16. The van der Waals surface area contributed by atoms with Gasteiger partial charge >= 0.3 is 0 Å². The summed E-state index contributed by atoms with van der Waals surface area (Å²) in [5, 5.41) is 15.1. The van der Waals surface area contributed by atoms with Crippen molar-refractivity contribution in [3.63, 3.8) is 0 Å². The van der Waals surface area contributed by atoms with Gasteiger partial charge in [0.1, 0.15) is 11.6 Å². The maximum Gasteiger partial charge on any atom is 0.191 e. The van der Waals surface area contributed by atoms with E-state index in [1.54, 1.807) is 14.2 Å². The third-order valence-corrected chi connectivity index (χ3v) is 3.48. The predicted molar refractivity (Wildman–Crippen MR) is 107 cm³/mol. The Bertz CT molecular complexity index is 774. The SMILES string of the molecule is CN=C(NCc1cc(C#N)ccc1F)NCc1ccccc1OC.I. The van der Waals surface area contributed by atoms with Gasteiger partial charge in [0.05, 0.1) is 18.7 Å². The van der Waals surface area contributed by atoms with Crippen LogP contribution in [-0.4, -0.2) is 20.1 Å². The van der Waals surface area contributed by atoms with Crippen LogP contribution in [0.3, 0.4) is 0 Å². The monoisotopic (exact) mass is 454 g/mol. The van der Waals surface area contributed by atoms with Gasteiger partial charge in [0.25, 0.3) is 0 Å². The van der Waals surface area contributed by atoms with Crippen molar-refractivity contribution in [3.05, 3.63) is 65.0 Å². The molecule has 0 saturated heterocycles. The highest BCUT2D eigenvalue weighted by Gasteiger charge is 2.06. The molecule has 2 aromatic carbocycles. The third kappa shape index (κ3) is 5.90. The minimum atomic E-state index is -0.360. The number of halogens is 2. The molecule has 0 fully saturated rings. The number of nitriles is 1. The van der Waals surface area contributed by atoms with Gasteiger partial charge in [0.15, 0.2) is 5.96 Å². The number of para-hydroxylation sites is 1. The zero-order valence-electron chi connectivity index (χ0n) is 14.0. The number of guanidine groups is 1. The topological polar surface area (TPSA) is 69.4 Å². The lowest BCUT2D eigenvalue weighted by Gasteiger charge is -2.14. The van der Waals surface area contributed by atoms with Gasteiger partial charge in [-0.1, -0.05) is 18.2 Å². The van der Waals surface area contributed by atoms with Crippen LogP contribution in [-0.2, 0) is 13.1 Å². The summed E-state index contributed by atoms with van der Waals surface area (Å²) in [6.45, 7) is 0.747. The van der Waals surface area contributed by atoms with Gasteiger partial charge in [-0.05, 0) is 24.3 Å². The van der Waals surface area contributed by atoms with Gasteiger partial charge in [-0.2, -0.15) is 5.26 Å². The van der Waals surface area contributed by atoms with Crippen LogP contribution in [0.1, 0.15) is 16.7 Å². The van der Waals surface area contributed by atoms with E-state index in [0.717, 1.165) is 11.3 Å². The quantitative estimate of drug-likeness (QED) is 0.414. The molecule has 0 unspecified atom stereocenters. The normalized spacial score (nSPS) is 10.4. The molecule has 0 aromatic heterocycles. The summed E-state index contributed by atoms with van der Waals surface area (Å²) < 4.78 is 19.1. The lowest BCUT2D eigenvalue weighted by atomic mass is 10.1. The fourth-order valence-corrected chi connectivity index (χ4v) is 2.21. The molecular formula is C18H20FIN4O. The van der Waals surface area contributed by atoms with E-state index >= 15 is 0 Å². The Morgan fingerprint density at radius 1 is 1.16 bits per heavy atom. The van der Waals surface area contributed by atoms with E-state index in [4.69, 9.17) is 10.00 Å². The van der Waals surface area contributed by atoms with Gasteiger partial charge in [0, 0.05) is 31.3 Å². The Kier molecular flexibility index (Phi) is 8.70. The molecule has 2 aromatic rings. The van der Waals surface area contributed by atoms with Crippen molar-refractivity contribution in [2.45, 2.75) is 13.1 Å². The Hall–Kier alpha value is -2.34. The largest absolute Gasteiger partial charge is 0.496 e. The number of nitrogens with zero attached hydrogens (tertiary/aromatic N) is 2. The average Bonchev–Trinajstić information content (AvgIpc) is 2.63. The molecule has 0 amide bonds. The number of ether oxygens (including phenoxy) is 1. The molecule has 2 N–H and O–H groups in total. The molecule has 132 valence electrons. The highest BCUT2D eigenvalue weighted by atomic mass is 127. The van der Waals surface area contributed by atoms with Gasteiger partial charge < -0.3 is 15.4 Å². The number of benzene rings is 2. The second-order valence-corrected chi connectivity index (χ2v) is 5.01. The number of hydrogen-bond acceptors (Lipinski definition) is 3. The maximum absolute atomic E-state index is 13.8. The number of nitrogens with one attached hydrogen (secondary N) is 2. The molecule has 0 bridgehead atoms. The molecule has 0 atom stereocenters. The second kappa shape index (κ2) is 10.5. The highest BCUT2D eigenvalue weighted by molar-refractivity contribution is 14.0. The lowest BCUT2D eigenvalue weighted by molar-refractivity contribution is 0.409. The summed E-state index contributed by atoms with van der Waals surface area (Å²) in [4.78, 5) is 4.11. The average molecular weight is 454 g/mol. The Labute approximate surface area is 163 Å². The summed E-state index contributed by atoms with van der Waals surface area (Å²) in [7, 11) is 3.26. The van der Waals surface area contributed by atoms with Gasteiger partial charge in [-0.3, -0.25) is 4.99 Å². The minimum absolute atomic E-state index is 0. The molecule has 0 aliphatic heterocycles. The standard InChI is InChI=1S/C18H19FN4O.HI/c1-21-18(22-11-14-5-3-4-6-17(14)24-2)23-12-15-9-13(10-20)7-8-16(15)19;/h3-9H,11-12H2,1-2H3,(H2,21,22,23);1H. The van der Waals surface area contributed by atoms with E-state index in [9.17, 15) is 4.39 Å². The maximum atomic E-state index is 13.8. The molecule has 0 heterocycles. The molecule has 5 nitrogen and oxygen atoms in total. The van der Waals surface area contributed by atoms with Crippen molar-refractivity contribution < 1.29 is 9.13 Å². The van der Waals surface area contributed by atoms with E-state index < -0.39 is 0 Å². The number of aliphatic imine (C=N–C) groups is 1. The van der Waals surface area contributed by atoms with Gasteiger partial charge in [-0.25, -0.2) is 4.39 Å². The molecule has 0 radical (unpaired) electrons. The summed E-state index contributed by atoms with van der Waals surface area (Å²) >= 11 is 0. The molecule has 2 rings (SSSR count). The van der Waals surface area contributed by atoms with Crippen molar-refractivity contribution in [2.24, 2.45) is 4.99 Å². The van der Waals surface area contributed by atoms with E-state index in [0.29, 0.717) is 23.6 Å². The van der Waals surface area contributed by atoms with E-state index in [1.165, 1.54) is 18.2 Å². The first-order valence-corrected chi connectivity index (χ1v) is 7.43. The van der Waals surface area contributed by atoms with Crippen molar-refractivity contribution in [3.8, 4) is 11.8 Å². The van der Waals surface area contributed by atoms with E-state index in [1.807, 2.05) is 30.3 Å². The predicted octanol–water partition coefficient (Wildman–Crippen LogP) is 3.19. The van der Waals surface area contributed by atoms with Crippen molar-refractivity contribution in [2.75, 3.05) is 14.2 Å². The molecule has 0 saturated carbocycles. The first kappa shape index (κ1) is 20.7. The zero-order chi connectivity index (χ0) is 17.4. The Morgan fingerprint density at radius 3 is 2.48 bits per heavy atom. The van der Waals surface area contributed by atoms with Crippen LogP contribution in [0.2, 0.25) is 0 Å². The Balaban J connectivity index is 0.00000312. The number of methoxy groups -OCH3 is 1. The number of hydrogen-bond donors (Lipinski definition) is 2. The molecule has 0 aliphatic carbocycles. The van der Waals surface area contributed by atoms with Crippen molar-refractivity contribution in [1.82, 2.24) is 10.6 Å². The van der Waals surface area contributed by atoms with Crippen LogP contribution in [0.5, 0.6) is 5.75 Å². The Morgan fingerprint density at radius 2 is 1.84 bits per heavy atom. The fourth-order valence-electron chi connectivity index (χ4n) is 2.21. The van der Waals surface area contributed by atoms with Crippen LogP contribution < -0.4 is 15.4 Å². The summed E-state index contributed by atoms with van der Waals surface area (Å²) in [5.74, 6) is 0.956. The first-order valence-electron chi connectivity index (χ1n) is 7.43. The minimum Gasteiger partial charge on any atom is -0.496 e. The smallest absolute Gasteiger partial charge is 0.191 e. The van der Waals surface area contributed by atoms with Gasteiger partial charge in [-0.15, -0.1) is 24.0 Å². The van der Waals surface area contributed by atoms with E-state index in [2.05, 4.69) is 15.6 Å². The first-order chi connectivity index (χ1) is 11.7. The van der Waals surface area contributed by atoms with Crippen molar-refractivity contribution in [1.29, 1.82) is 5.26 Å². The summed E-state index contributed by atoms with van der Waals surface area (Å²) in [5.41, 5.74) is 1.82. The summed E-state index contributed by atoms with van der Waals surface area (Å²) in [6, 6.07) is 13.9. The molecule has 0 spiro atoms. The summed E-state index contributed by atoms with van der Waals surface area (Å²) in [6.07, 6.45) is 0. The van der Waals surface area contributed by atoms with E-state index in [-0.39, 0.29) is 36.3 Å². The van der Waals surface area contributed by atoms with Crippen LogP contribution in [0.15, 0.2) is 47.5 Å². The zero-order valence-corrected chi connectivity index (χ0v) is 16.4.